The molecule has 0 unspecified atom stereocenters. The van der Waals surface area contributed by atoms with Gasteiger partial charge in [0.25, 0.3) is 0 Å². The van der Waals surface area contributed by atoms with E-state index in [1.54, 1.807) is 12.1 Å². The minimum Gasteiger partial charge on any atom is -0.353 e. The highest BCUT2D eigenvalue weighted by Crippen LogP contribution is 2.20. The molecule has 110 valence electrons. The minimum absolute atomic E-state index is 0.107. The molecular weight excluding hydrogens is 344 g/mol. The van der Waals surface area contributed by atoms with E-state index in [-0.39, 0.29) is 23.8 Å². The van der Waals surface area contributed by atoms with Gasteiger partial charge in [0, 0.05) is 23.5 Å². The van der Waals surface area contributed by atoms with Gasteiger partial charge in [-0.2, -0.15) is 0 Å². The summed E-state index contributed by atoms with van der Waals surface area (Å²) < 4.78 is 27.4. The topological polar surface area (TPSA) is 75.3 Å². The first-order chi connectivity index (χ1) is 9.38. The third-order valence-electron chi connectivity index (χ3n) is 3.03. The van der Waals surface area contributed by atoms with Crippen LogP contribution in [0.5, 0.6) is 0 Å². The summed E-state index contributed by atoms with van der Waals surface area (Å²) in [6, 6.07) is 5.12. The first-order valence-electron chi connectivity index (χ1n) is 6.44. The summed E-state index contributed by atoms with van der Waals surface area (Å²) >= 11 is 3.33. The molecule has 0 radical (unpaired) electrons. The molecule has 1 amide bonds. The molecule has 1 aromatic rings. The molecule has 7 heteroatoms. The highest BCUT2D eigenvalue weighted by Gasteiger charge is 2.23. The SMILES string of the molecule is Cc1cc(S(=O)(=O)NCCC(=O)NC2CC2)ccc1Br. The van der Waals surface area contributed by atoms with Crippen LogP contribution in [0.1, 0.15) is 24.8 Å². The van der Waals surface area contributed by atoms with Crippen molar-refractivity contribution in [2.45, 2.75) is 37.1 Å². The molecular formula is C13H17BrN2O3S. The van der Waals surface area contributed by atoms with E-state index in [0.29, 0.717) is 6.04 Å². The number of carbonyl (C=O) groups is 1. The van der Waals surface area contributed by atoms with E-state index >= 15 is 0 Å². The number of aryl methyl sites for hydroxylation is 1. The maximum atomic E-state index is 12.1. The highest BCUT2D eigenvalue weighted by atomic mass is 79.9. The van der Waals surface area contributed by atoms with Gasteiger partial charge in [0.2, 0.25) is 15.9 Å². The summed E-state index contributed by atoms with van der Waals surface area (Å²) in [7, 11) is -3.56. The lowest BCUT2D eigenvalue weighted by Crippen LogP contribution is -2.31. The molecule has 2 rings (SSSR count). The number of hydrogen-bond acceptors (Lipinski definition) is 3. The molecule has 0 aliphatic heterocycles. The molecule has 20 heavy (non-hydrogen) atoms. The molecule has 2 N–H and O–H groups in total. The van der Waals surface area contributed by atoms with Crippen LogP contribution in [-0.2, 0) is 14.8 Å². The number of carbonyl (C=O) groups excluding carboxylic acids is 1. The van der Waals surface area contributed by atoms with Gasteiger partial charge in [0.05, 0.1) is 4.90 Å². The number of nitrogens with one attached hydrogen (secondary N) is 2. The Morgan fingerprint density at radius 2 is 2.10 bits per heavy atom. The van der Waals surface area contributed by atoms with Crippen molar-refractivity contribution in [2.75, 3.05) is 6.54 Å². The van der Waals surface area contributed by atoms with Gasteiger partial charge in [-0.15, -0.1) is 0 Å². The summed E-state index contributed by atoms with van der Waals surface area (Å²) in [4.78, 5) is 11.7. The Labute approximate surface area is 127 Å². The Kier molecular flexibility index (Phi) is 4.82. The summed E-state index contributed by atoms with van der Waals surface area (Å²) in [5, 5.41) is 2.82. The molecule has 1 fully saturated rings. The van der Waals surface area contributed by atoms with E-state index < -0.39 is 10.0 Å². The van der Waals surface area contributed by atoms with E-state index in [1.165, 1.54) is 6.07 Å². The van der Waals surface area contributed by atoms with Gasteiger partial charge < -0.3 is 5.32 Å². The van der Waals surface area contributed by atoms with Crippen LogP contribution in [0.3, 0.4) is 0 Å². The second-order valence-corrected chi connectivity index (χ2v) is 7.52. The summed E-state index contributed by atoms with van der Waals surface area (Å²) in [5.41, 5.74) is 0.847. The molecule has 5 nitrogen and oxygen atoms in total. The molecule has 0 aromatic heterocycles. The van der Waals surface area contributed by atoms with Crippen LogP contribution >= 0.6 is 15.9 Å². The van der Waals surface area contributed by atoms with Crippen molar-refractivity contribution in [3.05, 3.63) is 28.2 Å². The van der Waals surface area contributed by atoms with Gasteiger partial charge in [-0.05, 0) is 43.5 Å². The third-order valence-corrected chi connectivity index (χ3v) is 5.37. The number of rotatable bonds is 6. The number of sulfonamides is 1. The fourth-order valence-electron chi connectivity index (χ4n) is 1.69. The van der Waals surface area contributed by atoms with Gasteiger partial charge in [0.1, 0.15) is 0 Å². The second-order valence-electron chi connectivity index (χ2n) is 4.90. The van der Waals surface area contributed by atoms with Crippen LogP contribution < -0.4 is 10.0 Å². The number of hydrogen-bond donors (Lipinski definition) is 2. The third kappa shape index (κ3) is 4.29. The van der Waals surface area contributed by atoms with Crippen molar-refractivity contribution in [1.29, 1.82) is 0 Å². The standard InChI is InChI=1S/C13H17BrN2O3S/c1-9-8-11(4-5-12(9)14)20(18,19)15-7-6-13(17)16-10-2-3-10/h4-5,8,10,15H,2-3,6-7H2,1H3,(H,16,17). The smallest absolute Gasteiger partial charge is 0.240 e. The Balaban J connectivity index is 1.89. The first-order valence-corrected chi connectivity index (χ1v) is 8.71. The summed E-state index contributed by atoms with van der Waals surface area (Å²) in [6.45, 7) is 1.93. The van der Waals surface area contributed by atoms with Gasteiger partial charge in [0.15, 0.2) is 0 Å². The van der Waals surface area contributed by atoms with Crippen LogP contribution in [0.4, 0.5) is 0 Å². The fraction of sp³-hybridized carbons (Fsp3) is 0.462. The maximum absolute atomic E-state index is 12.1. The van der Waals surface area contributed by atoms with E-state index in [4.69, 9.17) is 0 Å². The van der Waals surface area contributed by atoms with Crippen LogP contribution in [0.2, 0.25) is 0 Å². The normalized spacial score (nSPS) is 15.1. The lowest BCUT2D eigenvalue weighted by atomic mass is 10.2. The van der Waals surface area contributed by atoms with E-state index in [1.807, 2.05) is 6.92 Å². The molecule has 1 aliphatic carbocycles. The Hall–Kier alpha value is -0.920. The Bertz CT molecular complexity index is 612. The van der Waals surface area contributed by atoms with Crippen molar-refractivity contribution < 1.29 is 13.2 Å². The predicted molar refractivity (Wildman–Crippen MR) is 79.8 cm³/mol. The van der Waals surface area contributed by atoms with Gasteiger partial charge >= 0.3 is 0 Å². The molecule has 1 aliphatic rings. The number of amides is 1. The molecule has 0 atom stereocenters. The minimum atomic E-state index is -3.56. The zero-order valence-corrected chi connectivity index (χ0v) is 13.6. The molecule has 0 bridgehead atoms. The lowest BCUT2D eigenvalue weighted by molar-refractivity contribution is -0.121. The molecule has 0 saturated heterocycles. The Morgan fingerprint density at radius 1 is 1.40 bits per heavy atom. The van der Waals surface area contributed by atoms with Crippen LogP contribution in [0, 0.1) is 6.92 Å². The van der Waals surface area contributed by atoms with E-state index in [2.05, 4.69) is 26.0 Å². The zero-order chi connectivity index (χ0) is 14.8. The van der Waals surface area contributed by atoms with E-state index in [0.717, 1.165) is 22.9 Å². The summed E-state index contributed by atoms with van der Waals surface area (Å²) in [5.74, 6) is -0.109. The van der Waals surface area contributed by atoms with Gasteiger partial charge in [-0.25, -0.2) is 13.1 Å². The maximum Gasteiger partial charge on any atom is 0.240 e. The van der Waals surface area contributed by atoms with Crippen molar-refractivity contribution in [2.24, 2.45) is 0 Å². The van der Waals surface area contributed by atoms with Gasteiger partial charge in [-0.3, -0.25) is 4.79 Å². The van der Waals surface area contributed by atoms with Crippen LogP contribution in [0.25, 0.3) is 0 Å². The molecule has 0 heterocycles. The number of halogens is 1. The fourth-order valence-corrected chi connectivity index (χ4v) is 3.06. The monoisotopic (exact) mass is 360 g/mol. The predicted octanol–water partition coefficient (Wildman–Crippen LogP) is 1.70. The van der Waals surface area contributed by atoms with Crippen molar-refractivity contribution in [3.63, 3.8) is 0 Å². The molecule has 0 spiro atoms. The second kappa shape index (κ2) is 6.24. The van der Waals surface area contributed by atoms with Crippen molar-refractivity contribution in [1.82, 2.24) is 10.0 Å². The summed E-state index contributed by atoms with van der Waals surface area (Å²) in [6.07, 6.45) is 2.20. The molecule has 1 saturated carbocycles. The quantitative estimate of drug-likeness (QED) is 0.810. The van der Waals surface area contributed by atoms with Crippen LogP contribution in [0.15, 0.2) is 27.6 Å². The average Bonchev–Trinajstić information content (AvgIpc) is 3.16. The van der Waals surface area contributed by atoms with Crippen LogP contribution in [-0.4, -0.2) is 26.9 Å². The number of benzene rings is 1. The Morgan fingerprint density at radius 3 is 2.70 bits per heavy atom. The molecule has 1 aromatic carbocycles. The van der Waals surface area contributed by atoms with Crippen molar-refractivity contribution in [3.8, 4) is 0 Å². The average molecular weight is 361 g/mol. The largest absolute Gasteiger partial charge is 0.353 e. The van der Waals surface area contributed by atoms with Gasteiger partial charge in [-0.1, -0.05) is 15.9 Å². The lowest BCUT2D eigenvalue weighted by Gasteiger charge is -2.08. The first kappa shape index (κ1) is 15.5. The zero-order valence-electron chi connectivity index (χ0n) is 11.1. The van der Waals surface area contributed by atoms with E-state index in [9.17, 15) is 13.2 Å². The van der Waals surface area contributed by atoms with Crippen molar-refractivity contribution >= 4 is 31.9 Å². The highest BCUT2D eigenvalue weighted by molar-refractivity contribution is 9.10.